The lowest BCUT2D eigenvalue weighted by molar-refractivity contribution is -0.0601. The summed E-state index contributed by atoms with van der Waals surface area (Å²) >= 11 is 0. The fourth-order valence-electron chi connectivity index (χ4n) is 3.46. The smallest absolute Gasteiger partial charge is 0.0291 e. The summed E-state index contributed by atoms with van der Waals surface area (Å²) in [4.78, 5) is 0. The van der Waals surface area contributed by atoms with Crippen LogP contribution in [0.3, 0.4) is 0 Å². The molecule has 0 amide bonds. The Morgan fingerprint density at radius 2 is 1.33 bits per heavy atom. The van der Waals surface area contributed by atoms with Crippen molar-refractivity contribution in [2.45, 2.75) is 73.1 Å². The maximum Gasteiger partial charge on any atom is -0.0291 e. The van der Waals surface area contributed by atoms with Crippen LogP contribution >= 0.6 is 0 Å². The summed E-state index contributed by atoms with van der Waals surface area (Å²) in [5.74, 6) is 0.999. The zero-order valence-electron chi connectivity index (χ0n) is 11.3. The molecule has 0 aromatic heterocycles. The van der Waals surface area contributed by atoms with Gasteiger partial charge in [-0.2, -0.15) is 0 Å². The second-order valence-electron chi connectivity index (χ2n) is 8.14. The summed E-state index contributed by atoms with van der Waals surface area (Å²) in [5, 5.41) is 0. The van der Waals surface area contributed by atoms with Crippen LogP contribution < -0.4 is 0 Å². The van der Waals surface area contributed by atoms with Crippen LogP contribution in [0, 0.1) is 22.2 Å². The van der Waals surface area contributed by atoms with E-state index in [0.29, 0.717) is 10.8 Å². The highest BCUT2D eigenvalue weighted by molar-refractivity contribution is 5.01. The van der Waals surface area contributed by atoms with E-state index in [1.165, 1.54) is 38.5 Å². The molecule has 0 bridgehead atoms. The molecule has 2 aliphatic rings. The Hall–Kier alpha value is 0. The van der Waals surface area contributed by atoms with Gasteiger partial charge < -0.3 is 0 Å². The first-order chi connectivity index (χ1) is 6.73. The Kier molecular flexibility index (Phi) is 2.48. The van der Waals surface area contributed by atoms with Crippen molar-refractivity contribution in [2.75, 3.05) is 0 Å². The largest absolute Gasteiger partial charge is 0.0599 e. The lowest BCUT2D eigenvalue weighted by Crippen LogP contribution is -2.46. The predicted octanol–water partition coefficient (Wildman–Crippen LogP) is 5.03. The molecule has 88 valence electrons. The van der Waals surface area contributed by atoms with E-state index in [4.69, 9.17) is 0 Å². The molecule has 0 radical (unpaired) electrons. The van der Waals surface area contributed by atoms with E-state index < -0.39 is 0 Å². The van der Waals surface area contributed by atoms with Crippen molar-refractivity contribution in [3.05, 3.63) is 0 Å². The van der Waals surface area contributed by atoms with Crippen LogP contribution in [0.5, 0.6) is 0 Å². The highest BCUT2D eigenvalue weighted by Gasteiger charge is 2.50. The lowest BCUT2D eigenvalue weighted by Gasteiger charge is -2.57. The van der Waals surface area contributed by atoms with E-state index in [0.717, 1.165) is 11.3 Å². The van der Waals surface area contributed by atoms with Gasteiger partial charge in [-0.15, -0.1) is 0 Å². The maximum absolute atomic E-state index is 2.44. The van der Waals surface area contributed by atoms with Crippen molar-refractivity contribution >= 4 is 0 Å². The first-order valence-corrected chi connectivity index (χ1v) is 6.73. The molecule has 0 heteroatoms. The molecule has 0 aromatic carbocycles. The van der Waals surface area contributed by atoms with Gasteiger partial charge in [0.2, 0.25) is 0 Å². The van der Waals surface area contributed by atoms with Gasteiger partial charge in [-0.1, -0.05) is 34.6 Å². The van der Waals surface area contributed by atoms with Gasteiger partial charge in [0.1, 0.15) is 0 Å². The lowest BCUT2D eigenvalue weighted by atomic mass is 9.48. The van der Waals surface area contributed by atoms with Crippen LogP contribution in [0.2, 0.25) is 0 Å². The van der Waals surface area contributed by atoms with Crippen molar-refractivity contribution in [1.29, 1.82) is 0 Å². The number of hydrogen-bond acceptors (Lipinski definition) is 0. The normalized spacial score (nSPS) is 30.2. The Balaban J connectivity index is 1.89. The van der Waals surface area contributed by atoms with Crippen LogP contribution in [-0.4, -0.2) is 0 Å². The fraction of sp³-hybridized carbons (Fsp3) is 1.00. The molecule has 2 aliphatic carbocycles. The molecule has 0 saturated heterocycles. The van der Waals surface area contributed by atoms with Crippen LogP contribution in [0.1, 0.15) is 73.1 Å². The molecule has 15 heavy (non-hydrogen) atoms. The first-order valence-electron chi connectivity index (χ1n) is 6.73. The average molecular weight is 208 g/mol. The summed E-state index contributed by atoms with van der Waals surface area (Å²) in [5.41, 5.74) is 1.98. The van der Waals surface area contributed by atoms with Crippen molar-refractivity contribution in [3.63, 3.8) is 0 Å². The van der Waals surface area contributed by atoms with E-state index in [1.54, 1.807) is 0 Å². The zero-order valence-corrected chi connectivity index (χ0v) is 11.3. The van der Waals surface area contributed by atoms with Gasteiger partial charge in [-0.05, 0) is 60.7 Å². The molecule has 2 saturated carbocycles. The van der Waals surface area contributed by atoms with E-state index in [9.17, 15) is 0 Å². The molecule has 0 heterocycles. The van der Waals surface area contributed by atoms with Crippen molar-refractivity contribution in [3.8, 4) is 0 Å². The van der Waals surface area contributed by atoms with E-state index in [-0.39, 0.29) is 0 Å². The third-order valence-electron chi connectivity index (χ3n) is 5.25. The zero-order chi connectivity index (χ0) is 11.3. The summed E-state index contributed by atoms with van der Waals surface area (Å²) in [6.45, 7) is 12.1. The molecule has 0 N–H and O–H groups in total. The molecule has 2 rings (SSSR count). The highest BCUT2D eigenvalue weighted by Crippen LogP contribution is 2.61. The third kappa shape index (κ3) is 2.24. The summed E-state index contributed by atoms with van der Waals surface area (Å²) in [7, 11) is 0. The molecular formula is C15H28. The molecule has 0 aromatic rings. The quantitative estimate of drug-likeness (QED) is 0.524. The summed E-state index contributed by atoms with van der Waals surface area (Å²) in [6.07, 6.45) is 8.98. The topological polar surface area (TPSA) is 0 Å². The van der Waals surface area contributed by atoms with Gasteiger partial charge in [0.05, 0.1) is 0 Å². The second kappa shape index (κ2) is 3.25. The fourth-order valence-corrected chi connectivity index (χ4v) is 3.46. The minimum absolute atomic E-state index is 0.554. The standard InChI is InChI=1S/C15H28/c1-13(2,3)12-10-15(11-12)8-6-14(4,5)7-9-15/h12H,6-11H2,1-5H3. The van der Waals surface area contributed by atoms with Crippen molar-refractivity contribution < 1.29 is 0 Å². The second-order valence-corrected chi connectivity index (χ2v) is 8.14. The number of hydrogen-bond donors (Lipinski definition) is 0. The predicted molar refractivity (Wildman–Crippen MR) is 66.9 cm³/mol. The minimum Gasteiger partial charge on any atom is -0.0599 e. The van der Waals surface area contributed by atoms with Gasteiger partial charge >= 0.3 is 0 Å². The van der Waals surface area contributed by atoms with Gasteiger partial charge in [0, 0.05) is 0 Å². The average Bonchev–Trinajstić information content (AvgIpc) is 1.98. The molecule has 0 atom stereocenters. The van der Waals surface area contributed by atoms with Crippen LogP contribution in [0.25, 0.3) is 0 Å². The monoisotopic (exact) mass is 208 g/mol. The number of rotatable bonds is 0. The molecule has 0 nitrogen and oxygen atoms in total. The van der Waals surface area contributed by atoms with Crippen LogP contribution in [0.15, 0.2) is 0 Å². The Morgan fingerprint density at radius 1 is 0.867 bits per heavy atom. The highest BCUT2D eigenvalue weighted by atomic mass is 14.5. The van der Waals surface area contributed by atoms with Crippen molar-refractivity contribution in [2.24, 2.45) is 22.2 Å². The van der Waals surface area contributed by atoms with Crippen LogP contribution in [-0.2, 0) is 0 Å². The van der Waals surface area contributed by atoms with Crippen molar-refractivity contribution in [1.82, 2.24) is 0 Å². The Morgan fingerprint density at radius 3 is 1.73 bits per heavy atom. The first kappa shape index (κ1) is 11.5. The third-order valence-corrected chi connectivity index (χ3v) is 5.25. The maximum atomic E-state index is 2.44. The Labute approximate surface area is 95.8 Å². The summed E-state index contributed by atoms with van der Waals surface area (Å²) < 4.78 is 0. The van der Waals surface area contributed by atoms with Gasteiger partial charge in [-0.3, -0.25) is 0 Å². The minimum atomic E-state index is 0.554. The molecule has 2 fully saturated rings. The molecule has 0 unspecified atom stereocenters. The van der Waals surface area contributed by atoms with Gasteiger partial charge in [0.25, 0.3) is 0 Å². The van der Waals surface area contributed by atoms with Gasteiger partial charge in [0.15, 0.2) is 0 Å². The van der Waals surface area contributed by atoms with Crippen LogP contribution in [0.4, 0.5) is 0 Å². The van der Waals surface area contributed by atoms with E-state index >= 15 is 0 Å². The van der Waals surface area contributed by atoms with Gasteiger partial charge in [-0.25, -0.2) is 0 Å². The molecule has 1 spiro atoms. The molecule has 0 aliphatic heterocycles. The molecular weight excluding hydrogens is 180 g/mol. The Bertz CT molecular complexity index is 223. The van der Waals surface area contributed by atoms with E-state index in [2.05, 4.69) is 34.6 Å². The van der Waals surface area contributed by atoms with E-state index in [1.807, 2.05) is 0 Å². The summed E-state index contributed by atoms with van der Waals surface area (Å²) in [6, 6.07) is 0. The SMILES string of the molecule is CC1(C)CCC2(CC1)CC(C(C)(C)C)C2.